The number of hydrogen-bond acceptors (Lipinski definition) is 3. The van der Waals surface area contributed by atoms with E-state index in [2.05, 4.69) is 169 Å². The van der Waals surface area contributed by atoms with Crippen LogP contribution in [0.5, 0.6) is 0 Å². The first-order valence-electron chi connectivity index (χ1n) is 16.6. The lowest BCUT2D eigenvalue weighted by Crippen LogP contribution is -2.09. The Bertz CT molecular complexity index is 2810. The van der Waals surface area contributed by atoms with E-state index in [1.165, 1.54) is 58.6 Å². The number of benzene rings is 8. The molecule has 8 aromatic carbocycles. The molecule has 3 heteroatoms. The third-order valence-corrected chi connectivity index (χ3v) is 10.8. The molecule has 2 nitrogen and oxygen atoms in total. The molecule has 0 unspecified atom stereocenters. The fourth-order valence-electron chi connectivity index (χ4n) is 7.36. The van der Waals surface area contributed by atoms with Crippen LogP contribution in [0.25, 0.3) is 75.1 Å². The standard InChI is InChI=1S/C46H29NOS/c1-2-9-30(10-3-1)31-17-21-33(22-18-31)47(35-25-28-45-41(29-35)38-11-5-7-16-44(38)49-45)34-23-19-32(20-24-34)36-13-8-14-39-37(36)26-27-43-46(39)40-12-4-6-15-42(40)48-43/h1-29H. The van der Waals surface area contributed by atoms with Gasteiger partial charge in [0.15, 0.2) is 0 Å². The molecule has 0 atom stereocenters. The van der Waals surface area contributed by atoms with E-state index >= 15 is 0 Å². The first-order chi connectivity index (χ1) is 24.3. The van der Waals surface area contributed by atoms with E-state index in [1.807, 2.05) is 23.5 Å². The molecule has 0 aliphatic heterocycles. The summed E-state index contributed by atoms with van der Waals surface area (Å²) < 4.78 is 8.82. The van der Waals surface area contributed by atoms with Crippen molar-refractivity contribution in [1.29, 1.82) is 0 Å². The summed E-state index contributed by atoms with van der Waals surface area (Å²) in [5.74, 6) is 0. The summed E-state index contributed by atoms with van der Waals surface area (Å²) in [6, 6.07) is 63.3. The molecule has 2 heterocycles. The molecule has 0 aliphatic rings. The molecule has 10 aromatic rings. The number of nitrogens with zero attached hydrogens (tertiary/aromatic N) is 1. The summed E-state index contributed by atoms with van der Waals surface area (Å²) in [4.78, 5) is 2.37. The summed E-state index contributed by atoms with van der Waals surface area (Å²) in [7, 11) is 0. The van der Waals surface area contributed by atoms with Gasteiger partial charge in [-0.15, -0.1) is 11.3 Å². The van der Waals surface area contributed by atoms with Gasteiger partial charge in [0, 0.05) is 48.0 Å². The number of para-hydroxylation sites is 1. The molecular weight excluding hydrogens is 615 g/mol. The van der Waals surface area contributed by atoms with Crippen molar-refractivity contribution in [2.45, 2.75) is 0 Å². The lowest BCUT2D eigenvalue weighted by atomic mass is 9.95. The number of fused-ring (bicyclic) bond motifs is 8. The number of furan rings is 1. The molecule has 0 saturated carbocycles. The summed E-state index contributed by atoms with van der Waals surface area (Å²) in [6.45, 7) is 0. The zero-order valence-electron chi connectivity index (χ0n) is 26.5. The van der Waals surface area contributed by atoms with Crippen molar-refractivity contribution < 1.29 is 4.42 Å². The van der Waals surface area contributed by atoms with Crippen molar-refractivity contribution in [3.05, 3.63) is 176 Å². The van der Waals surface area contributed by atoms with Gasteiger partial charge in [0.2, 0.25) is 0 Å². The lowest BCUT2D eigenvalue weighted by Gasteiger charge is -2.26. The third-order valence-electron chi connectivity index (χ3n) is 9.69. The fourth-order valence-corrected chi connectivity index (χ4v) is 8.44. The van der Waals surface area contributed by atoms with Gasteiger partial charge in [-0.05, 0) is 93.7 Å². The van der Waals surface area contributed by atoms with Gasteiger partial charge >= 0.3 is 0 Å². The molecule has 0 bridgehead atoms. The summed E-state index contributed by atoms with van der Waals surface area (Å²) in [6.07, 6.45) is 0. The number of thiophene rings is 1. The molecule has 0 radical (unpaired) electrons. The zero-order chi connectivity index (χ0) is 32.3. The molecule has 230 valence electrons. The zero-order valence-corrected chi connectivity index (χ0v) is 27.3. The van der Waals surface area contributed by atoms with Gasteiger partial charge in [-0.25, -0.2) is 0 Å². The Morgan fingerprint density at radius 3 is 1.82 bits per heavy atom. The minimum Gasteiger partial charge on any atom is -0.456 e. The highest BCUT2D eigenvalue weighted by Gasteiger charge is 2.17. The molecule has 0 N–H and O–H groups in total. The fraction of sp³-hybridized carbons (Fsp3) is 0. The van der Waals surface area contributed by atoms with Crippen LogP contribution in [0.1, 0.15) is 0 Å². The highest BCUT2D eigenvalue weighted by atomic mass is 32.1. The summed E-state index contributed by atoms with van der Waals surface area (Å²) >= 11 is 1.85. The van der Waals surface area contributed by atoms with Crippen LogP contribution in [-0.4, -0.2) is 0 Å². The van der Waals surface area contributed by atoms with Crippen molar-refractivity contribution in [2.75, 3.05) is 4.90 Å². The predicted molar refractivity (Wildman–Crippen MR) is 210 cm³/mol. The Morgan fingerprint density at radius 2 is 1.00 bits per heavy atom. The smallest absolute Gasteiger partial charge is 0.136 e. The van der Waals surface area contributed by atoms with Crippen LogP contribution >= 0.6 is 11.3 Å². The summed E-state index contributed by atoms with van der Waals surface area (Å²) in [5, 5.41) is 7.34. The quantitative estimate of drug-likeness (QED) is 0.186. The predicted octanol–water partition coefficient (Wildman–Crippen LogP) is 13.9. The van der Waals surface area contributed by atoms with Crippen LogP contribution in [0, 0.1) is 0 Å². The first kappa shape index (κ1) is 27.9. The van der Waals surface area contributed by atoms with Gasteiger partial charge in [-0.2, -0.15) is 0 Å². The molecule has 0 aliphatic carbocycles. The Balaban J connectivity index is 1.10. The number of rotatable bonds is 5. The Morgan fingerprint density at radius 1 is 0.367 bits per heavy atom. The van der Waals surface area contributed by atoms with Gasteiger partial charge < -0.3 is 9.32 Å². The average Bonchev–Trinajstić information content (AvgIpc) is 3.74. The highest BCUT2D eigenvalue weighted by molar-refractivity contribution is 7.25. The lowest BCUT2D eigenvalue weighted by molar-refractivity contribution is 0.669. The molecule has 0 saturated heterocycles. The maximum Gasteiger partial charge on any atom is 0.136 e. The SMILES string of the molecule is c1ccc(-c2ccc(N(c3ccc(-c4cccc5c4ccc4oc6ccccc6c45)cc3)c3ccc4sc5ccccc5c4c3)cc2)cc1. The topological polar surface area (TPSA) is 16.4 Å². The maximum absolute atomic E-state index is 6.21. The van der Waals surface area contributed by atoms with Crippen LogP contribution in [0.3, 0.4) is 0 Å². The largest absolute Gasteiger partial charge is 0.456 e. The number of hydrogen-bond donors (Lipinski definition) is 0. The van der Waals surface area contributed by atoms with Crippen LogP contribution in [0.15, 0.2) is 180 Å². The molecule has 0 spiro atoms. The maximum atomic E-state index is 6.21. The van der Waals surface area contributed by atoms with E-state index < -0.39 is 0 Å². The van der Waals surface area contributed by atoms with Crippen molar-refractivity contribution in [3.63, 3.8) is 0 Å². The van der Waals surface area contributed by atoms with E-state index in [9.17, 15) is 0 Å². The number of anilines is 3. The second-order valence-electron chi connectivity index (χ2n) is 12.5. The highest BCUT2D eigenvalue weighted by Crippen LogP contribution is 2.43. The van der Waals surface area contributed by atoms with Crippen molar-refractivity contribution in [3.8, 4) is 22.3 Å². The Labute approximate surface area is 287 Å². The van der Waals surface area contributed by atoms with Crippen LogP contribution in [0.2, 0.25) is 0 Å². The van der Waals surface area contributed by atoms with Crippen LogP contribution in [-0.2, 0) is 0 Å². The van der Waals surface area contributed by atoms with Crippen LogP contribution < -0.4 is 4.90 Å². The summed E-state index contributed by atoms with van der Waals surface area (Å²) in [5.41, 5.74) is 10.0. The Kier molecular flexibility index (Phi) is 6.39. The van der Waals surface area contributed by atoms with E-state index in [-0.39, 0.29) is 0 Å². The van der Waals surface area contributed by atoms with Crippen molar-refractivity contribution in [2.24, 2.45) is 0 Å². The molecular formula is C46H29NOS. The Hall–Kier alpha value is -6.16. The van der Waals surface area contributed by atoms with Crippen LogP contribution in [0.4, 0.5) is 17.1 Å². The average molecular weight is 644 g/mol. The second kappa shape index (κ2) is 11.2. The molecule has 49 heavy (non-hydrogen) atoms. The van der Waals surface area contributed by atoms with Gasteiger partial charge in [0.05, 0.1) is 0 Å². The second-order valence-corrected chi connectivity index (χ2v) is 13.6. The van der Waals surface area contributed by atoms with Gasteiger partial charge in [0.25, 0.3) is 0 Å². The van der Waals surface area contributed by atoms with Gasteiger partial charge in [0.1, 0.15) is 11.2 Å². The van der Waals surface area contributed by atoms with E-state index in [0.717, 1.165) is 33.6 Å². The normalized spacial score (nSPS) is 11.7. The van der Waals surface area contributed by atoms with E-state index in [4.69, 9.17) is 4.42 Å². The van der Waals surface area contributed by atoms with Gasteiger partial charge in [-0.1, -0.05) is 115 Å². The van der Waals surface area contributed by atoms with Crippen molar-refractivity contribution >= 4 is 81.3 Å². The van der Waals surface area contributed by atoms with Gasteiger partial charge in [-0.3, -0.25) is 0 Å². The minimum absolute atomic E-state index is 0.922. The van der Waals surface area contributed by atoms with Crippen molar-refractivity contribution in [1.82, 2.24) is 0 Å². The molecule has 0 fully saturated rings. The minimum atomic E-state index is 0.922. The van der Waals surface area contributed by atoms with E-state index in [0.29, 0.717) is 0 Å². The monoisotopic (exact) mass is 643 g/mol. The van der Waals surface area contributed by atoms with E-state index in [1.54, 1.807) is 0 Å². The third kappa shape index (κ3) is 4.62. The first-order valence-corrected chi connectivity index (χ1v) is 17.4. The molecule has 0 amide bonds. The molecule has 10 rings (SSSR count). The molecule has 2 aromatic heterocycles.